The number of esters is 1. The van der Waals surface area contributed by atoms with Crippen LogP contribution in [0.5, 0.6) is 0 Å². The SMILES string of the molecule is CC(C)(C)OC(=O)/C=C/c1ccncn1. The molecule has 0 bridgehead atoms. The first-order valence-electron chi connectivity index (χ1n) is 4.64. The molecule has 1 rings (SSSR count). The molecule has 0 aromatic carbocycles. The van der Waals surface area contributed by atoms with Crippen LogP contribution in [0, 0.1) is 0 Å². The van der Waals surface area contributed by atoms with Gasteiger partial charge in [-0.1, -0.05) is 0 Å². The van der Waals surface area contributed by atoms with E-state index in [2.05, 4.69) is 9.97 Å². The number of nitrogens with zero attached hydrogens (tertiary/aromatic N) is 2. The van der Waals surface area contributed by atoms with Crippen molar-refractivity contribution in [1.82, 2.24) is 9.97 Å². The first-order valence-corrected chi connectivity index (χ1v) is 4.64. The average Bonchev–Trinajstić information content (AvgIpc) is 2.14. The molecule has 1 aromatic rings. The van der Waals surface area contributed by atoms with Gasteiger partial charge in [0.2, 0.25) is 0 Å². The number of rotatable bonds is 2. The van der Waals surface area contributed by atoms with Gasteiger partial charge < -0.3 is 4.74 Å². The fourth-order valence-electron chi connectivity index (χ4n) is 0.889. The molecule has 4 heteroatoms. The fraction of sp³-hybridized carbons (Fsp3) is 0.364. The van der Waals surface area contributed by atoms with E-state index in [0.29, 0.717) is 5.69 Å². The minimum Gasteiger partial charge on any atom is -0.457 e. The van der Waals surface area contributed by atoms with E-state index in [0.717, 1.165) is 0 Å². The van der Waals surface area contributed by atoms with E-state index >= 15 is 0 Å². The van der Waals surface area contributed by atoms with Crippen molar-refractivity contribution in [2.75, 3.05) is 0 Å². The Kier molecular flexibility index (Phi) is 3.55. The molecule has 1 aromatic heterocycles. The maximum absolute atomic E-state index is 11.3. The van der Waals surface area contributed by atoms with E-state index in [1.54, 1.807) is 18.3 Å². The zero-order chi connectivity index (χ0) is 11.3. The molecule has 0 fully saturated rings. The van der Waals surface area contributed by atoms with Gasteiger partial charge in [0.15, 0.2) is 0 Å². The summed E-state index contributed by atoms with van der Waals surface area (Å²) in [5.41, 5.74) is 0.212. The summed E-state index contributed by atoms with van der Waals surface area (Å²) in [5, 5.41) is 0. The number of hydrogen-bond acceptors (Lipinski definition) is 4. The van der Waals surface area contributed by atoms with Crippen LogP contribution in [-0.2, 0) is 9.53 Å². The molecule has 0 unspecified atom stereocenters. The summed E-state index contributed by atoms with van der Waals surface area (Å²) in [4.78, 5) is 19.0. The van der Waals surface area contributed by atoms with E-state index in [1.807, 2.05) is 20.8 Å². The highest BCUT2D eigenvalue weighted by molar-refractivity contribution is 5.86. The monoisotopic (exact) mass is 206 g/mol. The van der Waals surface area contributed by atoms with Crippen molar-refractivity contribution in [2.45, 2.75) is 26.4 Å². The topological polar surface area (TPSA) is 52.1 Å². The van der Waals surface area contributed by atoms with Crippen LogP contribution in [0.1, 0.15) is 26.5 Å². The second-order valence-electron chi connectivity index (χ2n) is 4.00. The van der Waals surface area contributed by atoms with Gasteiger partial charge in [-0.25, -0.2) is 14.8 Å². The number of hydrogen-bond donors (Lipinski definition) is 0. The molecule has 4 nitrogen and oxygen atoms in total. The average molecular weight is 206 g/mol. The van der Waals surface area contributed by atoms with Gasteiger partial charge in [0, 0.05) is 12.3 Å². The minimum atomic E-state index is -0.465. The van der Waals surface area contributed by atoms with Gasteiger partial charge in [-0.3, -0.25) is 0 Å². The Bertz CT molecular complexity index is 353. The number of carbonyl (C=O) groups is 1. The Hall–Kier alpha value is -1.71. The molecule has 15 heavy (non-hydrogen) atoms. The van der Waals surface area contributed by atoms with Crippen molar-refractivity contribution in [3.05, 3.63) is 30.4 Å². The molecule has 0 spiro atoms. The molecule has 0 aliphatic carbocycles. The summed E-state index contributed by atoms with van der Waals surface area (Å²) in [7, 11) is 0. The number of ether oxygens (including phenoxy) is 1. The largest absolute Gasteiger partial charge is 0.457 e. The van der Waals surface area contributed by atoms with Gasteiger partial charge in [0.05, 0.1) is 5.69 Å². The molecule has 0 atom stereocenters. The summed E-state index contributed by atoms with van der Waals surface area (Å²) in [5.74, 6) is -0.374. The summed E-state index contributed by atoms with van der Waals surface area (Å²) in [6.45, 7) is 5.47. The Morgan fingerprint density at radius 3 is 2.73 bits per heavy atom. The molecule has 0 aliphatic heterocycles. The van der Waals surface area contributed by atoms with Gasteiger partial charge in [-0.15, -0.1) is 0 Å². The maximum Gasteiger partial charge on any atom is 0.331 e. The second-order valence-corrected chi connectivity index (χ2v) is 4.00. The maximum atomic E-state index is 11.3. The van der Waals surface area contributed by atoms with Crippen LogP contribution >= 0.6 is 0 Å². The van der Waals surface area contributed by atoms with Crippen LogP contribution in [0.25, 0.3) is 6.08 Å². The molecule has 0 aliphatic rings. The van der Waals surface area contributed by atoms with Gasteiger partial charge in [0.1, 0.15) is 11.9 Å². The van der Waals surface area contributed by atoms with E-state index in [-0.39, 0.29) is 5.97 Å². The first kappa shape index (κ1) is 11.4. The van der Waals surface area contributed by atoms with Crippen molar-refractivity contribution in [3.8, 4) is 0 Å². The second kappa shape index (κ2) is 4.68. The predicted octanol–water partition coefficient (Wildman–Crippen LogP) is 1.83. The molecule has 0 radical (unpaired) electrons. The Balaban J connectivity index is 2.56. The normalized spacial score (nSPS) is 11.7. The fourth-order valence-corrected chi connectivity index (χ4v) is 0.889. The van der Waals surface area contributed by atoms with Gasteiger partial charge in [-0.2, -0.15) is 0 Å². The lowest BCUT2D eigenvalue weighted by molar-refractivity contribution is -0.148. The zero-order valence-corrected chi connectivity index (χ0v) is 9.10. The molecule has 0 saturated carbocycles. The van der Waals surface area contributed by atoms with Crippen LogP contribution in [0.2, 0.25) is 0 Å². The summed E-state index contributed by atoms with van der Waals surface area (Å²) in [6.07, 6.45) is 5.99. The first-order chi connectivity index (χ1) is 6.97. The van der Waals surface area contributed by atoms with Crippen LogP contribution in [-0.4, -0.2) is 21.5 Å². The molecule has 0 amide bonds. The molecule has 80 valence electrons. The van der Waals surface area contributed by atoms with Crippen molar-refractivity contribution in [2.24, 2.45) is 0 Å². The highest BCUT2D eigenvalue weighted by Gasteiger charge is 2.13. The molecular formula is C11H14N2O2. The van der Waals surface area contributed by atoms with Gasteiger partial charge >= 0.3 is 5.97 Å². The van der Waals surface area contributed by atoms with Crippen LogP contribution < -0.4 is 0 Å². The van der Waals surface area contributed by atoms with E-state index in [1.165, 1.54) is 12.4 Å². The lowest BCUT2D eigenvalue weighted by Gasteiger charge is -2.17. The van der Waals surface area contributed by atoms with Gasteiger partial charge in [0.25, 0.3) is 0 Å². The van der Waals surface area contributed by atoms with Crippen molar-refractivity contribution in [3.63, 3.8) is 0 Å². The molecule has 0 saturated heterocycles. The third-order valence-corrected chi connectivity index (χ3v) is 1.40. The highest BCUT2D eigenvalue weighted by Crippen LogP contribution is 2.07. The Morgan fingerprint density at radius 2 is 2.20 bits per heavy atom. The Labute approximate surface area is 89.0 Å². The van der Waals surface area contributed by atoms with Crippen molar-refractivity contribution in [1.29, 1.82) is 0 Å². The third-order valence-electron chi connectivity index (χ3n) is 1.40. The quantitative estimate of drug-likeness (QED) is 0.547. The van der Waals surface area contributed by atoms with Crippen LogP contribution in [0.3, 0.4) is 0 Å². The van der Waals surface area contributed by atoms with E-state index in [9.17, 15) is 4.79 Å². The smallest absolute Gasteiger partial charge is 0.331 e. The minimum absolute atomic E-state index is 0.374. The lowest BCUT2D eigenvalue weighted by Crippen LogP contribution is -2.22. The van der Waals surface area contributed by atoms with Crippen molar-refractivity contribution < 1.29 is 9.53 Å². The van der Waals surface area contributed by atoms with Crippen molar-refractivity contribution >= 4 is 12.0 Å². The zero-order valence-electron chi connectivity index (χ0n) is 9.10. The number of carbonyl (C=O) groups excluding carboxylic acids is 1. The summed E-state index contributed by atoms with van der Waals surface area (Å²) < 4.78 is 5.09. The molecule has 0 N–H and O–H groups in total. The Morgan fingerprint density at radius 1 is 1.47 bits per heavy atom. The van der Waals surface area contributed by atoms with Crippen LogP contribution in [0.4, 0.5) is 0 Å². The van der Waals surface area contributed by atoms with Crippen LogP contribution in [0.15, 0.2) is 24.7 Å². The lowest BCUT2D eigenvalue weighted by atomic mass is 10.2. The highest BCUT2D eigenvalue weighted by atomic mass is 16.6. The summed E-state index contributed by atoms with van der Waals surface area (Å²) in [6, 6.07) is 1.71. The molecule has 1 heterocycles. The standard InChI is InChI=1S/C11H14N2O2/c1-11(2,3)15-10(14)5-4-9-6-7-12-8-13-9/h4-8H,1-3H3/b5-4+. The van der Waals surface area contributed by atoms with E-state index < -0.39 is 5.60 Å². The molecular weight excluding hydrogens is 192 g/mol. The number of aromatic nitrogens is 2. The third kappa shape index (κ3) is 4.90. The van der Waals surface area contributed by atoms with E-state index in [4.69, 9.17) is 4.74 Å². The summed E-state index contributed by atoms with van der Waals surface area (Å²) >= 11 is 0. The predicted molar refractivity (Wildman–Crippen MR) is 56.9 cm³/mol. The van der Waals surface area contributed by atoms with Gasteiger partial charge in [-0.05, 0) is 32.9 Å².